The van der Waals surface area contributed by atoms with Crippen molar-refractivity contribution in [3.8, 4) is 17.1 Å². The predicted octanol–water partition coefficient (Wildman–Crippen LogP) is 5.49. The molecule has 7 nitrogen and oxygen atoms in total. The van der Waals surface area contributed by atoms with Crippen molar-refractivity contribution >= 4 is 50.6 Å². The van der Waals surface area contributed by atoms with Crippen molar-refractivity contribution in [1.29, 1.82) is 0 Å². The Hall–Kier alpha value is -3.82. The summed E-state index contributed by atoms with van der Waals surface area (Å²) in [4.78, 5) is 16.6. The van der Waals surface area contributed by atoms with Crippen LogP contribution in [0.25, 0.3) is 27.8 Å². The van der Waals surface area contributed by atoms with Crippen LogP contribution in [0.2, 0.25) is 0 Å². The van der Waals surface area contributed by atoms with Crippen molar-refractivity contribution < 1.29 is 4.79 Å². The van der Waals surface area contributed by atoms with E-state index in [0.717, 1.165) is 32.1 Å². The lowest BCUT2D eigenvalue weighted by atomic mass is 10.1. The Kier molecular flexibility index (Phi) is 6.97. The first kappa shape index (κ1) is 22.9. The number of nitrogens with one attached hydrogen (secondary N) is 1. The number of carbonyl (C=O) groups is 1. The molecule has 5 rings (SSSR count). The minimum absolute atomic E-state index is 0.137. The molecule has 0 atom stereocenters. The van der Waals surface area contributed by atoms with Gasteiger partial charge in [-0.2, -0.15) is 5.10 Å². The molecule has 172 valence electrons. The summed E-state index contributed by atoms with van der Waals surface area (Å²) in [6, 6.07) is 25.6. The van der Waals surface area contributed by atoms with Gasteiger partial charge in [0.15, 0.2) is 11.0 Å². The van der Waals surface area contributed by atoms with Crippen molar-refractivity contribution in [2.24, 2.45) is 5.10 Å². The molecule has 0 fully saturated rings. The summed E-state index contributed by atoms with van der Waals surface area (Å²) in [6.45, 7) is 0. The summed E-state index contributed by atoms with van der Waals surface area (Å²) in [5.41, 5.74) is 5.32. The lowest BCUT2D eigenvalue weighted by Crippen LogP contribution is -2.20. The monoisotopic (exact) mass is 542 g/mol. The second kappa shape index (κ2) is 10.6. The number of carbonyl (C=O) groups excluding carboxylic acids is 1. The van der Waals surface area contributed by atoms with Gasteiger partial charge >= 0.3 is 0 Å². The van der Waals surface area contributed by atoms with Crippen LogP contribution in [0.4, 0.5) is 0 Å². The van der Waals surface area contributed by atoms with E-state index in [2.05, 4.69) is 41.6 Å². The Morgan fingerprint density at radius 1 is 0.971 bits per heavy atom. The van der Waals surface area contributed by atoms with E-state index >= 15 is 0 Å². The molecule has 3 aromatic carbocycles. The van der Waals surface area contributed by atoms with Gasteiger partial charge in [0.1, 0.15) is 0 Å². The number of rotatable bonds is 7. The Balaban J connectivity index is 1.32. The summed E-state index contributed by atoms with van der Waals surface area (Å²) in [6.07, 6.45) is 5.09. The Morgan fingerprint density at radius 2 is 1.74 bits per heavy atom. The molecule has 1 amide bonds. The molecule has 0 radical (unpaired) electrons. The second-order valence-electron chi connectivity index (χ2n) is 7.50. The van der Waals surface area contributed by atoms with Crippen LogP contribution in [0.1, 0.15) is 5.56 Å². The third-order valence-corrected chi connectivity index (χ3v) is 6.66. The molecule has 0 spiro atoms. The maximum Gasteiger partial charge on any atom is 0.250 e. The zero-order valence-corrected chi connectivity index (χ0v) is 20.8. The number of halogens is 1. The molecule has 0 bridgehead atoms. The number of amides is 1. The molecular formula is C26H19BrN6OS. The Labute approximate surface area is 214 Å². The van der Waals surface area contributed by atoms with Crippen LogP contribution in [-0.2, 0) is 4.79 Å². The predicted molar refractivity (Wildman–Crippen MR) is 143 cm³/mol. The van der Waals surface area contributed by atoms with E-state index in [1.54, 1.807) is 18.6 Å². The minimum atomic E-state index is -0.234. The molecule has 0 saturated carbocycles. The van der Waals surface area contributed by atoms with E-state index in [4.69, 9.17) is 0 Å². The van der Waals surface area contributed by atoms with Crippen LogP contribution < -0.4 is 5.43 Å². The van der Waals surface area contributed by atoms with Crippen LogP contribution in [0.15, 0.2) is 106 Å². The van der Waals surface area contributed by atoms with Crippen LogP contribution in [0.5, 0.6) is 0 Å². The van der Waals surface area contributed by atoms with Gasteiger partial charge in [-0.3, -0.25) is 14.3 Å². The smallest absolute Gasteiger partial charge is 0.250 e. The Morgan fingerprint density at radius 3 is 2.57 bits per heavy atom. The van der Waals surface area contributed by atoms with Crippen LogP contribution in [0.3, 0.4) is 0 Å². The summed E-state index contributed by atoms with van der Waals surface area (Å²) < 4.78 is 2.90. The molecule has 35 heavy (non-hydrogen) atoms. The van der Waals surface area contributed by atoms with E-state index in [1.165, 1.54) is 11.8 Å². The largest absolute Gasteiger partial charge is 0.272 e. The van der Waals surface area contributed by atoms with Crippen LogP contribution in [0, 0.1) is 0 Å². The lowest BCUT2D eigenvalue weighted by Gasteiger charge is -2.10. The number of pyridine rings is 1. The summed E-state index contributed by atoms with van der Waals surface area (Å²) in [5, 5.41) is 15.7. The third kappa shape index (κ3) is 5.31. The number of fused-ring (bicyclic) bond motifs is 1. The first-order chi connectivity index (χ1) is 17.2. The number of benzene rings is 3. The number of hydrogen-bond donors (Lipinski definition) is 1. The van der Waals surface area contributed by atoms with Crippen molar-refractivity contribution in [2.45, 2.75) is 5.16 Å². The minimum Gasteiger partial charge on any atom is -0.272 e. The highest BCUT2D eigenvalue weighted by Gasteiger charge is 2.17. The van der Waals surface area contributed by atoms with Crippen LogP contribution >= 0.6 is 27.7 Å². The van der Waals surface area contributed by atoms with E-state index in [1.807, 2.05) is 83.4 Å². The maximum absolute atomic E-state index is 12.5. The van der Waals surface area contributed by atoms with Gasteiger partial charge in [-0.05, 0) is 47.2 Å². The van der Waals surface area contributed by atoms with Gasteiger partial charge in [0.2, 0.25) is 0 Å². The summed E-state index contributed by atoms with van der Waals surface area (Å²) in [5.74, 6) is 0.576. The molecular weight excluding hydrogens is 524 g/mol. The molecule has 0 aliphatic rings. The molecule has 2 heterocycles. The highest BCUT2D eigenvalue weighted by atomic mass is 79.9. The number of thioether (sulfide) groups is 1. The number of nitrogens with zero attached hydrogens (tertiary/aromatic N) is 5. The fourth-order valence-corrected chi connectivity index (χ4v) is 4.58. The fourth-order valence-electron chi connectivity index (χ4n) is 3.57. The molecule has 0 aliphatic heterocycles. The fraction of sp³-hybridized carbons (Fsp3) is 0.0385. The first-order valence-corrected chi connectivity index (χ1v) is 12.5. The van der Waals surface area contributed by atoms with Crippen molar-refractivity contribution in [3.05, 3.63) is 101 Å². The van der Waals surface area contributed by atoms with Gasteiger partial charge in [0, 0.05) is 33.7 Å². The summed E-state index contributed by atoms with van der Waals surface area (Å²) >= 11 is 4.77. The van der Waals surface area contributed by atoms with Gasteiger partial charge in [0.25, 0.3) is 5.91 Å². The molecule has 0 aliphatic carbocycles. The topological polar surface area (TPSA) is 85.1 Å². The van der Waals surface area contributed by atoms with Crippen molar-refractivity contribution in [1.82, 2.24) is 25.2 Å². The number of hydrazone groups is 1. The SMILES string of the molecule is O=C(CSc1nnc(-c2ccncc2)n1-c1ccc(Br)cc1)N/N=C\c1cccc2ccccc12. The average molecular weight is 543 g/mol. The van der Waals surface area contributed by atoms with Gasteiger partial charge in [0.05, 0.1) is 12.0 Å². The number of aromatic nitrogens is 4. The lowest BCUT2D eigenvalue weighted by molar-refractivity contribution is -0.118. The highest BCUT2D eigenvalue weighted by Crippen LogP contribution is 2.28. The highest BCUT2D eigenvalue weighted by molar-refractivity contribution is 9.10. The zero-order chi connectivity index (χ0) is 24.0. The maximum atomic E-state index is 12.5. The first-order valence-electron chi connectivity index (χ1n) is 10.7. The molecule has 0 unspecified atom stereocenters. The molecule has 0 saturated heterocycles. The van der Waals surface area contributed by atoms with Crippen LogP contribution in [-0.4, -0.2) is 37.6 Å². The molecule has 2 aromatic heterocycles. The van der Waals surface area contributed by atoms with Gasteiger partial charge in [-0.25, -0.2) is 5.43 Å². The van der Waals surface area contributed by atoms with Gasteiger partial charge in [-0.15, -0.1) is 10.2 Å². The van der Waals surface area contributed by atoms with E-state index < -0.39 is 0 Å². The van der Waals surface area contributed by atoms with Crippen molar-refractivity contribution in [2.75, 3.05) is 5.75 Å². The second-order valence-corrected chi connectivity index (χ2v) is 9.36. The number of hydrogen-bond acceptors (Lipinski definition) is 6. The molecule has 1 N–H and O–H groups in total. The van der Waals surface area contributed by atoms with Gasteiger partial charge in [-0.1, -0.05) is 70.2 Å². The zero-order valence-electron chi connectivity index (χ0n) is 18.4. The van der Waals surface area contributed by atoms with Gasteiger partial charge < -0.3 is 0 Å². The van der Waals surface area contributed by atoms with E-state index in [0.29, 0.717) is 11.0 Å². The van der Waals surface area contributed by atoms with E-state index in [-0.39, 0.29) is 11.7 Å². The third-order valence-electron chi connectivity index (χ3n) is 5.21. The Bertz CT molecular complexity index is 1500. The van der Waals surface area contributed by atoms with Crippen molar-refractivity contribution in [3.63, 3.8) is 0 Å². The van der Waals surface area contributed by atoms with E-state index in [9.17, 15) is 4.79 Å². The quantitative estimate of drug-likeness (QED) is 0.167. The normalized spacial score (nSPS) is 11.2. The molecule has 9 heteroatoms. The average Bonchev–Trinajstić information content (AvgIpc) is 3.32. The molecule has 5 aromatic rings. The standard InChI is InChI=1S/C26H19BrN6OS/c27-21-8-10-22(11-9-21)33-25(19-12-14-28-15-13-19)31-32-26(33)35-17-24(34)30-29-16-20-6-3-5-18-4-1-2-7-23(18)20/h1-16H,17H2,(H,30,34)/b29-16-. The summed E-state index contributed by atoms with van der Waals surface area (Å²) in [7, 11) is 0.